The van der Waals surface area contributed by atoms with Gasteiger partial charge in [0.1, 0.15) is 17.1 Å². The highest BCUT2D eigenvalue weighted by Gasteiger charge is 2.27. The lowest BCUT2D eigenvalue weighted by atomic mass is 10.0. The quantitative estimate of drug-likeness (QED) is 0.551. The second kappa shape index (κ2) is 10.5. The van der Waals surface area contributed by atoms with E-state index in [2.05, 4.69) is 36.0 Å². The van der Waals surface area contributed by atoms with Crippen molar-refractivity contribution in [3.63, 3.8) is 0 Å². The number of aromatic nitrogens is 4. The van der Waals surface area contributed by atoms with Crippen LogP contribution in [-0.2, 0) is 11.3 Å². The first-order valence-electron chi connectivity index (χ1n) is 11.9. The molecule has 1 aliphatic rings. The van der Waals surface area contributed by atoms with Gasteiger partial charge in [-0.2, -0.15) is 10.2 Å². The zero-order valence-electron chi connectivity index (χ0n) is 20.2. The van der Waals surface area contributed by atoms with Crippen molar-refractivity contribution in [3.8, 4) is 23.1 Å². The summed E-state index contributed by atoms with van der Waals surface area (Å²) < 4.78 is 3.55. The van der Waals surface area contributed by atoms with Gasteiger partial charge in [-0.3, -0.25) is 14.3 Å². The van der Waals surface area contributed by atoms with Crippen LogP contribution in [0.15, 0.2) is 36.7 Å². The zero-order chi connectivity index (χ0) is 24.9. The Bertz CT molecular complexity index is 1280. The number of benzene rings is 1. The monoisotopic (exact) mass is 473 g/mol. The Kier molecular flexibility index (Phi) is 7.20. The summed E-state index contributed by atoms with van der Waals surface area (Å²) >= 11 is 0. The van der Waals surface area contributed by atoms with E-state index in [0.717, 1.165) is 31.2 Å². The first-order chi connectivity index (χ1) is 16.9. The summed E-state index contributed by atoms with van der Waals surface area (Å²) in [5, 5.41) is 9.23. The fourth-order valence-electron chi connectivity index (χ4n) is 4.63. The third kappa shape index (κ3) is 5.22. The molecule has 1 aliphatic heterocycles. The van der Waals surface area contributed by atoms with Crippen LogP contribution in [0.2, 0.25) is 0 Å². The molecular formula is C26H31N7O2. The number of nitrogen functional groups attached to an aromatic ring is 1. The van der Waals surface area contributed by atoms with Crippen molar-refractivity contribution < 1.29 is 9.59 Å². The van der Waals surface area contributed by atoms with E-state index in [1.165, 1.54) is 5.56 Å². The Labute approximate surface area is 205 Å². The minimum absolute atomic E-state index is 0.0124. The number of primary amides is 1. The SMILES string of the molecule is CC#CC(=O)N1CCCC(n2nc(-c3cnn(Cc4ccccc4C)c3)c(C(N)=O)c2N)CCC1. The molecule has 3 heterocycles. The summed E-state index contributed by atoms with van der Waals surface area (Å²) in [6.07, 6.45) is 6.68. The molecule has 3 aromatic rings. The summed E-state index contributed by atoms with van der Waals surface area (Å²) in [7, 11) is 0. The highest BCUT2D eigenvalue weighted by molar-refractivity contribution is 6.03. The van der Waals surface area contributed by atoms with Crippen LogP contribution in [0.25, 0.3) is 11.3 Å². The van der Waals surface area contributed by atoms with Crippen molar-refractivity contribution in [2.24, 2.45) is 5.73 Å². The predicted molar refractivity (Wildman–Crippen MR) is 134 cm³/mol. The van der Waals surface area contributed by atoms with Crippen molar-refractivity contribution in [1.82, 2.24) is 24.5 Å². The number of aryl methyl sites for hydroxylation is 1. The molecule has 1 saturated heterocycles. The van der Waals surface area contributed by atoms with Crippen molar-refractivity contribution in [1.29, 1.82) is 0 Å². The van der Waals surface area contributed by atoms with E-state index in [9.17, 15) is 9.59 Å². The van der Waals surface area contributed by atoms with Crippen molar-refractivity contribution in [2.75, 3.05) is 18.8 Å². The molecule has 0 atom stereocenters. The van der Waals surface area contributed by atoms with Gasteiger partial charge in [0, 0.05) is 24.8 Å². The van der Waals surface area contributed by atoms with Gasteiger partial charge in [-0.05, 0) is 56.6 Å². The Hall–Kier alpha value is -4.06. The maximum Gasteiger partial charge on any atom is 0.298 e. The second-order valence-electron chi connectivity index (χ2n) is 8.88. The van der Waals surface area contributed by atoms with Crippen LogP contribution in [-0.4, -0.2) is 49.4 Å². The molecule has 4 rings (SSSR count). The molecule has 0 bridgehead atoms. The maximum absolute atomic E-state index is 12.4. The maximum atomic E-state index is 12.4. The third-order valence-electron chi connectivity index (χ3n) is 6.49. The number of carbonyl (C=O) groups is 2. The van der Waals surface area contributed by atoms with Crippen molar-refractivity contribution >= 4 is 17.6 Å². The number of amides is 2. The lowest BCUT2D eigenvalue weighted by Gasteiger charge is -2.27. The van der Waals surface area contributed by atoms with Crippen LogP contribution in [0.4, 0.5) is 5.82 Å². The van der Waals surface area contributed by atoms with Gasteiger partial charge >= 0.3 is 0 Å². The average molecular weight is 474 g/mol. The lowest BCUT2D eigenvalue weighted by molar-refractivity contribution is -0.125. The predicted octanol–water partition coefficient (Wildman–Crippen LogP) is 2.75. The topological polar surface area (TPSA) is 125 Å². The minimum Gasteiger partial charge on any atom is -0.383 e. The Morgan fingerprint density at radius 1 is 1.17 bits per heavy atom. The molecule has 1 fully saturated rings. The van der Waals surface area contributed by atoms with E-state index >= 15 is 0 Å². The van der Waals surface area contributed by atoms with Crippen LogP contribution in [0.1, 0.15) is 60.1 Å². The Balaban J connectivity index is 1.57. The van der Waals surface area contributed by atoms with Gasteiger partial charge in [-0.25, -0.2) is 4.68 Å². The summed E-state index contributed by atoms with van der Waals surface area (Å²) in [6, 6.07) is 8.15. The number of hydrogen-bond donors (Lipinski definition) is 2. The van der Waals surface area contributed by atoms with Crippen LogP contribution in [0, 0.1) is 18.8 Å². The van der Waals surface area contributed by atoms with Gasteiger partial charge in [-0.1, -0.05) is 30.2 Å². The molecule has 2 aromatic heterocycles. The molecular weight excluding hydrogens is 442 g/mol. The molecule has 0 aliphatic carbocycles. The summed E-state index contributed by atoms with van der Waals surface area (Å²) in [5.74, 6) is 4.81. The molecule has 9 heteroatoms. The number of rotatable bonds is 5. The third-order valence-corrected chi connectivity index (χ3v) is 6.49. The van der Waals surface area contributed by atoms with Gasteiger partial charge in [0.25, 0.3) is 11.8 Å². The van der Waals surface area contributed by atoms with E-state index in [-0.39, 0.29) is 23.3 Å². The number of carbonyl (C=O) groups excluding carboxylic acids is 2. The molecule has 35 heavy (non-hydrogen) atoms. The first kappa shape index (κ1) is 24.1. The van der Waals surface area contributed by atoms with E-state index < -0.39 is 5.91 Å². The molecule has 182 valence electrons. The van der Waals surface area contributed by atoms with E-state index in [4.69, 9.17) is 16.6 Å². The molecule has 0 saturated carbocycles. The fourth-order valence-corrected chi connectivity index (χ4v) is 4.63. The van der Waals surface area contributed by atoms with Gasteiger partial charge in [-0.15, -0.1) is 0 Å². The standard InChI is InChI=1S/C26H31N7O2/c1-3-8-22(34)31-13-6-11-21(12-7-14-31)33-25(27)23(26(28)35)24(30-33)20-15-29-32(17-20)16-19-10-5-4-9-18(19)2/h4-5,9-10,15,17,21H,6-7,11-14,16,27H2,1-2H3,(H2,28,35). The molecule has 9 nitrogen and oxygen atoms in total. The van der Waals surface area contributed by atoms with Gasteiger partial charge in [0.05, 0.1) is 18.8 Å². The van der Waals surface area contributed by atoms with Crippen LogP contribution in [0.5, 0.6) is 0 Å². The highest BCUT2D eigenvalue weighted by atomic mass is 16.2. The number of nitrogens with zero attached hydrogens (tertiary/aromatic N) is 5. The van der Waals surface area contributed by atoms with E-state index in [1.54, 1.807) is 22.7 Å². The molecule has 2 amide bonds. The molecule has 4 N–H and O–H groups in total. The first-order valence-corrected chi connectivity index (χ1v) is 11.9. The average Bonchev–Trinajstić information content (AvgIpc) is 3.40. The van der Waals surface area contributed by atoms with Gasteiger partial charge in [0.2, 0.25) is 0 Å². The van der Waals surface area contributed by atoms with Crippen LogP contribution < -0.4 is 11.5 Å². The number of hydrogen-bond acceptors (Lipinski definition) is 5. The van der Waals surface area contributed by atoms with Crippen LogP contribution in [0.3, 0.4) is 0 Å². The summed E-state index contributed by atoms with van der Waals surface area (Å²) in [6.45, 7) is 5.60. The minimum atomic E-state index is -0.615. The van der Waals surface area contributed by atoms with E-state index in [0.29, 0.717) is 30.9 Å². The van der Waals surface area contributed by atoms with Crippen molar-refractivity contribution in [2.45, 2.75) is 52.1 Å². The summed E-state index contributed by atoms with van der Waals surface area (Å²) in [5.41, 5.74) is 15.8. The fraction of sp³-hybridized carbons (Fsp3) is 0.385. The smallest absolute Gasteiger partial charge is 0.298 e. The Morgan fingerprint density at radius 2 is 1.89 bits per heavy atom. The largest absolute Gasteiger partial charge is 0.383 e. The molecule has 0 spiro atoms. The highest BCUT2D eigenvalue weighted by Crippen LogP contribution is 2.32. The summed E-state index contributed by atoms with van der Waals surface area (Å²) in [4.78, 5) is 26.3. The van der Waals surface area contributed by atoms with Crippen molar-refractivity contribution in [3.05, 3.63) is 53.3 Å². The van der Waals surface area contributed by atoms with Crippen LogP contribution >= 0.6 is 0 Å². The molecule has 0 radical (unpaired) electrons. The lowest BCUT2D eigenvalue weighted by Crippen LogP contribution is -2.34. The van der Waals surface area contributed by atoms with Gasteiger partial charge in [0.15, 0.2) is 0 Å². The number of anilines is 1. The Morgan fingerprint density at radius 3 is 2.54 bits per heavy atom. The zero-order valence-corrected chi connectivity index (χ0v) is 20.2. The molecule has 1 aromatic carbocycles. The van der Waals surface area contributed by atoms with Gasteiger partial charge < -0.3 is 16.4 Å². The van der Waals surface area contributed by atoms with E-state index in [1.807, 2.05) is 23.0 Å². The number of likely N-dealkylation sites (tertiary alicyclic amines) is 1. The normalized spacial score (nSPS) is 14.6. The second-order valence-corrected chi connectivity index (χ2v) is 8.88. The number of nitrogens with two attached hydrogens (primary N) is 2. The molecule has 0 unspecified atom stereocenters.